The quantitative estimate of drug-likeness (QED) is 0.0393. The number of nitrogens with zero attached hydrogens (tertiary/aromatic N) is 4. The molecule has 16 heteroatoms. The Morgan fingerprint density at radius 1 is 0.883 bits per heavy atom. The number of carbonyl (C=O) groups excluding carboxylic acids is 3. The van der Waals surface area contributed by atoms with Crippen LogP contribution in [0, 0.1) is 22.7 Å². The number of hydrogen-bond donors (Lipinski definition) is 2. The summed E-state index contributed by atoms with van der Waals surface area (Å²) in [7, 11) is 0. The van der Waals surface area contributed by atoms with E-state index in [1.54, 1.807) is 65.8 Å². The molecule has 2 N–H and O–H groups in total. The summed E-state index contributed by atoms with van der Waals surface area (Å²) in [4.78, 5) is 47.3. The van der Waals surface area contributed by atoms with E-state index in [-0.39, 0.29) is 43.2 Å². The first-order chi connectivity index (χ1) is 28.5. The van der Waals surface area contributed by atoms with Gasteiger partial charge in [0, 0.05) is 40.2 Å². The van der Waals surface area contributed by atoms with Crippen molar-refractivity contribution in [2.24, 2.45) is 0 Å². The number of thioether (sulfide) groups is 1. The van der Waals surface area contributed by atoms with Gasteiger partial charge < -0.3 is 29.6 Å². The fourth-order valence-corrected chi connectivity index (χ4v) is 7.55. The van der Waals surface area contributed by atoms with Crippen LogP contribution in [-0.2, 0) is 29.6 Å². The summed E-state index contributed by atoms with van der Waals surface area (Å²) < 4.78 is 22.0. The Kier molecular flexibility index (Phi) is 17.6. The second-order valence-electron chi connectivity index (χ2n) is 15.6. The number of rotatable bonds is 19. The number of amides is 1. The SMILES string of the molecule is CCCNc1nc(SCc2csc(-c3ccc(Cl)cc3)n2)c(C#N)c(-c2ccc(OCCOC(=O)[C@@H](CCCCC(=O)OC(C)(C)C)NC(=O)OC(C)(C)C)cc2)c1C#N. The predicted molar refractivity (Wildman–Crippen MR) is 234 cm³/mol. The van der Waals surface area contributed by atoms with Crippen LogP contribution < -0.4 is 15.4 Å². The summed E-state index contributed by atoms with van der Waals surface area (Å²) in [6, 6.07) is 18.0. The standard InChI is InChI=1S/C44H51ClN6O7S2/c1-8-21-48-38-33(24-46)37(34(25-47)40(51-38)60-27-31-26-59-39(49-31)29-13-17-30(45)18-14-29)28-15-19-32(20-16-28)55-22-23-56-41(53)35(50-42(54)58-44(5,6)7)11-9-10-12-36(52)57-43(2,3)4/h13-20,26,35H,8-12,21-23,27H2,1-7H3,(H,48,51)(H,50,54)/t35-/m1/s1. The van der Waals surface area contributed by atoms with Crippen molar-refractivity contribution in [3.8, 4) is 39.6 Å². The third-order valence-corrected chi connectivity index (χ3v) is 10.4. The highest BCUT2D eigenvalue weighted by atomic mass is 35.5. The molecule has 2 heterocycles. The van der Waals surface area contributed by atoms with E-state index in [1.165, 1.54) is 23.1 Å². The second-order valence-corrected chi connectivity index (χ2v) is 17.8. The number of hydrogen-bond acceptors (Lipinski definition) is 14. The van der Waals surface area contributed by atoms with E-state index in [9.17, 15) is 24.9 Å². The van der Waals surface area contributed by atoms with Gasteiger partial charge >= 0.3 is 18.0 Å². The molecule has 0 bridgehead atoms. The Morgan fingerprint density at radius 3 is 2.18 bits per heavy atom. The van der Waals surface area contributed by atoms with E-state index in [0.717, 1.165) is 22.7 Å². The average Bonchev–Trinajstić information content (AvgIpc) is 3.66. The van der Waals surface area contributed by atoms with Crippen LogP contribution in [0.4, 0.5) is 10.6 Å². The summed E-state index contributed by atoms with van der Waals surface area (Å²) in [5.41, 5.74) is 2.00. The van der Waals surface area contributed by atoms with Gasteiger partial charge in [-0.1, -0.05) is 61.0 Å². The Balaban J connectivity index is 1.43. The summed E-state index contributed by atoms with van der Waals surface area (Å²) in [5.74, 6) is 0.300. The van der Waals surface area contributed by atoms with Gasteiger partial charge in [-0.2, -0.15) is 10.5 Å². The van der Waals surface area contributed by atoms with Gasteiger partial charge in [0.15, 0.2) is 0 Å². The molecule has 0 fully saturated rings. The van der Waals surface area contributed by atoms with Crippen LogP contribution in [0.25, 0.3) is 21.7 Å². The highest BCUT2D eigenvalue weighted by Crippen LogP contribution is 2.38. The first-order valence-corrected chi connectivity index (χ1v) is 21.8. The van der Waals surface area contributed by atoms with Crippen molar-refractivity contribution in [3.63, 3.8) is 0 Å². The molecular weight excluding hydrogens is 824 g/mol. The van der Waals surface area contributed by atoms with E-state index in [1.807, 2.05) is 36.6 Å². The molecule has 13 nitrogen and oxygen atoms in total. The predicted octanol–water partition coefficient (Wildman–Crippen LogP) is 10.1. The molecule has 0 spiro atoms. The maximum Gasteiger partial charge on any atom is 0.408 e. The van der Waals surface area contributed by atoms with Crippen molar-refractivity contribution >= 4 is 58.5 Å². The van der Waals surface area contributed by atoms with Crippen molar-refractivity contribution in [2.45, 2.75) is 109 Å². The van der Waals surface area contributed by atoms with Crippen LogP contribution in [0.3, 0.4) is 0 Å². The van der Waals surface area contributed by atoms with Crippen molar-refractivity contribution in [2.75, 3.05) is 25.1 Å². The largest absolute Gasteiger partial charge is 0.490 e. The minimum atomic E-state index is -1.00. The molecule has 0 aliphatic rings. The Morgan fingerprint density at radius 2 is 1.55 bits per heavy atom. The molecule has 4 aromatic rings. The monoisotopic (exact) mass is 874 g/mol. The molecule has 318 valence electrons. The summed E-state index contributed by atoms with van der Waals surface area (Å²) in [5, 5.41) is 30.6. The zero-order valence-corrected chi connectivity index (χ0v) is 37.4. The number of pyridine rings is 1. The van der Waals surface area contributed by atoms with Gasteiger partial charge in [0.1, 0.15) is 69.8 Å². The zero-order valence-electron chi connectivity index (χ0n) is 35.0. The lowest BCUT2D eigenvalue weighted by Gasteiger charge is -2.23. The summed E-state index contributed by atoms with van der Waals surface area (Å²) in [6.07, 6.45) is 1.34. The fraction of sp³-hybridized carbons (Fsp3) is 0.432. The number of unbranched alkanes of at least 4 members (excludes halogenated alkanes) is 1. The van der Waals surface area contributed by atoms with Crippen LogP contribution in [0.5, 0.6) is 5.75 Å². The summed E-state index contributed by atoms with van der Waals surface area (Å²) >= 11 is 8.95. The molecule has 2 aromatic carbocycles. The van der Waals surface area contributed by atoms with Crippen molar-refractivity contribution in [1.29, 1.82) is 10.5 Å². The molecule has 2 aromatic heterocycles. The Hall–Kier alpha value is -5.35. The smallest absolute Gasteiger partial charge is 0.408 e. The normalized spacial score (nSPS) is 11.8. The molecule has 1 atom stereocenters. The van der Waals surface area contributed by atoms with Gasteiger partial charge in [-0.3, -0.25) is 4.79 Å². The van der Waals surface area contributed by atoms with Gasteiger partial charge in [0.2, 0.25) is 0 Å². The minimum Gasteiger partial charge on any atom is -0.490 e. The van der Waals surface area contributed by atoms with Crippen LogP contribution >= 0.6 is 34.7 Å². The van der Waals surface area contributed by atoms with Crippen LogP contribution in [0.2, 0.25) is 5.02 Å². The molecule has 1 amide bonds. The Labute approximate surface area is 365 Å². The first kappa shape index (κ1) is 47.3. The number of nitriles is 2. The molecule has 0 radical (unpaired) electrons. The average molecular weight is 876 g/mol. The number of thiazole rings is 1. The lowest BCUT2D eigenvalue weighted by atomic mass is 9.96. The number of benzene rings is 2. The topological polar surface area (TPSA) is 186 Å². The number of aromatic nitrogens is 2. The van der Waals surface area contributed by atoms with Crippen molar-refractivity contribution in [3.05, 3.63) is 75.8 Å². The van der Waals surface area contributed by atoms with Gasteiger partial charge in [0.05, 0.1) is 11.3 Å². The molecule has 0 saturated carbocycles. The van der Waals surface area contributed by atoms with Crippen molar-refractivity contribution in [1.82, 2.24) is 15.3 Å². The van der Waals surface area contributed by atoms with Crippen LogP contribution in [0.1, 0.15) is 97.4 Å². The number of anilines is 1. The number of nitrogens with one attached hydrogen (secondary N) is 2. The number of carbonyl (C=O) groups is 3. The van der Waals surface area contributed by atoms with E-state index < -0.39 is 29.3 Å². The van der Waals surface area contributed by atoms with E-state index in [2.05, 4.69) is 22.8 Å². The Bertz CT molecular complexity index is 2170. The van der Waals surface area contributed by atoms with Crippen LogP contribution in [-0.4, -0.2) is 65.0 Å². The molecule has 0 unspecified atom stereocenters. The molecule has 0 aliphatic carbocycles. The summed E-state index contributed by atoms with van der Waals surface area (Å²) in [6.45, 7) is 13.0. The maximum atomic E-state index is 13.1. The molecular formula is C44H51ClN6O7S2. The number of halogens is 1. The molecule has 4 rings (SSSR count). The highest BCUT2D eigenvalue weighted by molar-refractivity contribution is 7.98. The lowest BCUT2D eigenvalue weighted by molar-refractivity contribution is -0.154. The number of esters is 2. The number of alkyl carbamates (subject to hydrolysis) is 1. The van der Waals surface area contributed by atoms with Crippen LogP contribution in [0.15, 0.2) is 58.9 Å². The third kappa shape index (κ3) is 15.0. The van der Waals surface area contributed by atoms with Gasteiger partial charge in [-0.25, -0.2) is 19.6 Å². The van der Waals surface area contributed by atoms with Crippen molar-refractivity contribution < 1.29 is 33.3 Å². The second kappa shape index (κ2) is 22.3. The first-order valence-electron chi connectivity index (χ1n) is 19.6. The fourth-order valence-electron chi connectivity index (χ4n) is 5.61. The molecule has 0 aliphatic heterocycles. The van der Waals surface area contributed by atoms with E-state index in [0.29, 0.717) is 57.9 Å². The highest BCUT2D eigenvalue weighted by Gasteiger charge is 2.26. The molecule has 0 saturated heterocycles. The van der Waals surface area contributed by atoms with E-state index in [4.69, 9.17) is 40.5 Å². The maximum absolute atomic E-state index is 13.1. The van der Waals surface area contributed by atoms with Gasteiger partial charge in [0.25, 0.3) is 0 Å². The lowest BCUT2D eigenvalue weighted by Crippen LogP contribution is -2.44. The van der Waals surface area contributed by atoms with E-state index >= 15 is 0 Å². The van der Waals surface area contributed by atoms with Gasteiger partial charge in [-0.05, 0) is 90.6 Å². The molecule has 60 heavy (non-hydrogen) atoms. The zero-order chi connectivity index (χ0) is 43.9. The minimum absolute atomic E-state index is 0.00720. The third-order valence-electron chi connectivity index (χ3n) is 8.19. The van der Waals surface area contributed by atoms with Gasteiger partial charge in [-0.15, -0.1) is 11.3 Å². The number of ether oxygens (including phenoxy) is 4.